The number of hydrogen-bond donors (Lipinski definition) is 0. The summed E-state index contributed by atoms with van der Waals surface area (Å²) in [6.07, 6.45) is 11.6. The number of fused-ring (bicyclic) bond motifs is 1. The van der Waals surface area contributed by atoms with E-state index in [0.29, 0.717) is 6.04 Å². The molecule has 1 aliphatic carbocycles. The zero-order valence-corrected chi connectivity index (χ0v) is 13.7. The number of alkyl halides is 1. The van der Waals surface area contributed by atoms with Crippen LogP contribution < -0.4 is 0 Å². The maximum Gasteiger partial charge on any atom is 0.128 e. The first-order chi connectivity index (χ1) is 10.2. The maximum atomic E-state index is 6.42. The minimum atomic E-state index is -0.0740. The summed E-state index contributed by atoms with van der Waals surface area (Å²) in [5.74, 6) is 1.75. The third-order valence-corrected chi connectivity index (χ3v) is 5.01. The lowest BCUT2D eigenvalue weighted by atomic mass is 9.82. The SMILES string of the molecule is CCC(C1CCCCC1)n1c(C(C)Cl)nc2cnccc21. The minimum absolute atomic E-state index is 0.0740. The highest BCUT2D eigenvalue weighted by Gasteiger charge is 2.28. The van der Waals surface area contributed by atoms with Gasteiger partial charge in [-0.25, -0.2) is 4.98 Å². The molecular formula is C17H24ClN3. The lowest BCUT2D eigenvalue weighted by Gasteiger charge is -2.32. The molecule has 21 heavy (non-hydrogen) atoms. The second kappa shape index (κ2) is 6.35. The first-order valence-corrected chi connectivity index (χ1v) is 8.62. The van der Waals surface area contributed by atoms with Gasteiger partial charge in [-0.1, -0.05) is 26.2 Å². The van der Waals surface area contributed by atoms with Gasteiger partial charge in [0.1, 0.15) is 11.3 Å². The summed E-state index contributed by atoms with van der Waals surface area (Å²) in [4.78, 5) is 8.95. The van der Waals surface area contributed by atoms with Crippen LogP contribution in [0, 0.1) is 5.92 Å². The van der Waals surface area contributed by atoms with E-state index in [1.165, 1.54) is 37.6 Å². The standard InChI is InChI=1S/C17H24ClN3/c1-3-15(13-7-5-4-6-8-13)21-16-9-10-19-11-14(16)20-17(21)12(2)18/h9-13,15H,3-8H2,1-2H3. The topological polar surface area (TPSA) is 30.7 Å². The van der Waals surface area contributed by atoms with Crippen molar-refractivity contribution >= 4 is 22.6 Å². The van der Waals surface area contributed by atoms with Crippen molar-refractivity contribution in [2.75, 3.05) is 0 Å². The van der Waals surface area contributed by atoms with E-state index < -0.39 is 0 Å². The smallest absolute Gasteiger partial charge is 0.128 e. The van der Waals surface area contributed by atoms with Crippen LogP contribution in [-0.4, -0.2) is 14.5 Å². The fourth-order valence-electron chi connectivity index (χ4n) is 3.84. The molecule has 0 amide bonds. The summed E-state index contributed by atoms with van der Waals surface area (Å²) in [5, 5.41) is -0.0740. The second-order valence-corrected chi connectivity index (χ2v) is 6.85. The monoisotopic (exact) mass is 305 g/mol. The molecule has 3 rings (SSSR count). The Labute approximate surface area is 131 Å². The molecule has 4 heteroatoms. The van der Waals surface area contributed by atoms with Crippen molar-refractivity contribution in [2.45, 2.75) is 63.8 Å². The molecule has 2 heterocycles. The number of imidazole rings is 1. The van der Waals surface area contributed by atoms with Gasteiger partial charge in [0, 0.05) is 12.2 Å². The van der Waals surface area contributed by atoms with Crippen molar-refractivity contribution in [2.24, 2.45) is 5.92 Å². The van der Waals surface area contributed by atoms with Crippen LogP contribution in [0.5, 0.6) is 0 Å². The summed E-state index contributed by atoms with van der Waals surface area (Å²) in [6, 6.07) is 2.59. The van der Waals surface area contributed by atoms with Gasteiger partial charge in [0.25, 0.3) is 0 Å². The van der Waals surface area contributed by atoms with E-state index in [2.05, 4.69) is 22.5 Å². The molecule has 3 nitrogen and oxygen atoms in total. The quantitative estimate of drug-likeness (QED) is 0.721. The molecule has 1 aliphatic rings. The van der Waals surface area contributed by atoms with Crippen LogP contribution in [0.3, 0.4) is 0 Å². The number of pyridine rings is 1. The summed E-state index contributed by atoms with van der Waals surface area (Å²) in [6.45, 7) is 4.30. The van der Waals surface area contributed by atoms with E-state index in [1.807, 2.05) is 19.3 Å². The minimum Gasteiger partial charge on any atom is -0.323 e. The molecule has 0 radical (unpaired) electrons. The Balaban J connectivity index is 2.09. The zero-order chi connectivity index (χ0) is 14.8. The largest absolute Gasteiger partial charge is 0.323 e. The Morgan fingerprint density at radius 1 is 1.33 bits per heavy atom. The molecule has 0 spiro atoms. The van der Waals surface area contributed by atoms with Crippen LogP contribution in [0.15, 0.2) is 18.5 Å². The number of halogens is 1. The van der Waals surface area contributed by atoms with E-state index in [-0.39, 0.29) is 5.38 Å². The second-order valence-electron chi connectivity index (χ2n) is 6.19. The summed E-state index contributed by atoms with van der Waals surface area (Å²) in [5.41, 5.74) is 2.15. The van der Waals surface area contributed by atoms with Crippen molar-refractivity contribution < 1.29 is 0 Å². The van der Waals surface area contributed by atoms with Crippen molar-refractivity contribution in [3.8, 4) is 0 Å². The van der Waals surface area contributed by atoms with E-state index >= 15 is 0 Å². The van der Waals surface area contributed by atoms with Gasteiger partial charge in [-0.2, -0.15) is 0 Å². The summed E-state index contributed by atoms with van der Waals surface area (Å²) < 4.78 is 2.41. The first-order valence-electron chi connectivity index (χ1n) is 8.18. The number of hydrogen-bond acceptors (Lipinski definition) is 2. The number of nitrogens with zero attached hydrogens (tertiary/aromatic N) is 3. The Hall–Kier alpha value is -1.09. The molecule has 0 N–H and O–H groups in total. The molecule has 2 aromatic heterocycles. The van der Waals surface area contributed by atoms with Crippen molar-refractivity contribution in [1.29, 1.82) is 0 Å². The molecular weight excluding hydrogens is 282 g/mol. The predicted octanol–water partition coefficient (Wildman–Crippen LogP) is 5.26. The molecule has 0 aromatic carbocycles. The Morgan fingerprint density at radius 2 is 2.10 bits per heavy atom. The van der Waals surface area contributed by atoms with E-state index in [0.717, 1.165) is 23.7 Å². The van der Waals surface area contributed by atoms with Gasteiger partial charge < -0.3 is 4.57 Å². The summed E-state index contributed by atoms with van der Waals surface area (Å²) >= 11 is 6.42. The average molecular weight is 306 g/mol. The molecule has 114 valence electrons. The van der Waals surface area contributed by atoms with Gasteiger partial charge in [-0.05, 0) is 38.2 Å². The van der Waals surface area contributed by atoms with E-state index in [1.54, 1.807) is 0 Å². The molecule has 1 fully saturated rings. The highest BCUT2D eigenvalue weighted by molar-refractivity contribution is 6.20. The van der Waals surface area contributed by atoms with Crippen LogP contribution in [0.4, 0.5) is 0 Å². The Bertz CT molecular complexity index is 599. The van der Waals surface area contributed by atoms with Gasteiger partial charge >= 0.3 is 0 Å². The fourth-order valence-corrected chi connectivity index (χ4v) is 4.00. The predicted molar refractivity (Wildman–Crippen MR) is 87.7 cm³/mol. The first kappa shape index (κ1) is 14.8. The zero-order valence-electron chi connectivity index (χ0n) is 12.9. The Kier molecular flexibility index (Phi) is 4.48. The molecule has 0 aliphatic heterocycles. The molecule has 2 atom stereocenters. The van der Waals surface area contributed by atoms with Crippen molar-refractivity contribution in [3.63, 3.8) is 0 Å². The van der Waals surface area contributed by atoms with Gasteiger partial charge in [0.2, 0.25) is 0 Å². The van der Waals surface area contributed by atoms with Crippen LogP contribution in [0.2, 0.25) is 0 Å². The van der Waals surface area contributed by atoms with E-state index in [9.17, 15) is 0 Å². The lowest BCUT2D eigenvalue weighted by Crippen LogP contribution is -2.23. The lowest BCUT2D eigenvalue weighted by molar-refractivity contribution is 0.243. The number of aromatic nitrogens is 3. The number of rotatable bonds is 4. The molecule has 2 unspecified atom stereocenters. The molecule has 2 aromatic rings. The molecule has 0 saturated heterocycles. The van der Waals surface area contributed by atoms with Crippen LogP contribution in [0.25, 0.3) is 11.0 Å². The third-order valence-electron chi connectivity index (χ3n) is 4.82. The molecule has 0 bridgehead atoms. The van der Waals surface area contributed by atoms with Crippen molar-refractivity contribution in [1.82, 2.24) is 14.5 Å². The van der Waals surface area contributed by atoms with Crippen LogP contribution in [0.1, 0.15) is 69.6 Å². The van der Waals surface area contributed by atoms with Gasteiger partial charge in [-0.3, -0.25) is 4.98 Å². The van der Waals surface area contributed by atoms with Crippen LogP contribution in [-0.2, 0) is 0 Å². The fraction of sp³-hybridized carbons (Fsp3) is 0.647. The molecule has 1 saturated carbocycles. The van der Waals surface area contributed by atoms with Crippen molar-refractivity contribution in [3.05, 3.63) is 24.3 Å². The van der Waals surface area contributed by atoms with Gasteiger partial charge in [-0.15, -0.1) is 11.6 Å². The highest BCUT2D eigenvalue weighted by atomic mass is 35.5. The average Bonchev–Trinajstić information content (AvgIpc) is 2.89. The van der Waals surface area contributed by atoms with Gasteiger partial charge in [0.15, 0.2) is 0 Å². The van der Waals surface area contributed by atoms with Crippen LogP contribution >= 0.6 is 11.6 Å². The van der Waals surface area contributed by atoms with E-state index in [4.69, 9.17) is 16.6 Å². The normalized spacial score (nSPS) is 19.8. The highest BCUT2D eigenvalue weighted by Crippen LogP contribution is 2.38. The van der Waals surface area contributed by atoms with Gasteiger partial charge in [0.05, 0.1) is 17.1 Å². The maximum absolute atomic E-state index is 6.42. The summed E-state index contributed by atoms with van der Waals surface area (Å²) in [7, 11) is 0. The third kappa shape index (κ3) is 2.80. The Morgan fingerprint density at radius 3 is 2.76 bits per heavy atom.